The summed E-state index contributed by atoms with van der Waals surface area (Å²) in [6.07, 6.45) is 1.41. The number of anilines is 1. The molecule has 8 nitrogen and oxygen atoms in total. The van der Waals surface area contributed by atoms with Crippen molar-refractivity contribution in [3.8, 4) is 0 Å². The fourth-order valence-electron chi connectivity index (χ4n) is 2.74. The van der Waals surface area contributed by atoms with Crippen LogP contribution < -0.4 is 16.2 Å². The maximum absolute atomic E-state index is 12.5. The van der Waals surface area contributed by atoms with E-state index in [0.29, 0.717) is 0 Å². The Labute approximate surface area is 145 Å². The maximum atomic E-state index is 12.5. The predicted molar refractivity (Wildman–Crippen MR) is 94.4 cm³/mol. The molecular weight excluding hydrogens is 352 g/mol. The zero-order chi connectivity index (χ0) is 17.4. The lowest BCUT2D eigenvalue weighted by molar-refractivity contribution is -0.117. The molecule has 0 aliphatic carbocycles. The number of H-pyrrole nitrogens is 1. The molecule has 1 saturated heterocycles. The zero-order valence-corrected chi connectivity index (χ0v) is 14.9. The van der Waals surface area contributed by atoms with E-state index >= 15 is 0 Å². The van der Waals surface area contributed by atoms with Crippen LogP contribution in [0.2, 0.25) is 0 Å². The number of carbonyl (C=O) groups excluding carboxylic acids is 1. The molecule has 0 saturated carbocycles. The number of rotatable bonds is 5. The van der Waals surface area contributed by atoms with Crippen LogP contribution in [-0.2, 0) is 9.53 Å². The highest BCUT2D eigenvalue weighted by atomic mass is 32.2. The van der Waals surface area contributed by atoms with Crippen LogP contribution in [0, 0.1) is 0 Å². The lowest BCUT2D eigenvalue weighted by Crippen LogP contribution is -2.28. The van der Waals surface area contributed by atoms with Crippen molar-refractivity contribution < 1.29 is 9.53 Å². The molecule has 0 aromatic carbocycles. The average molecular weight is 370 g/mol. The molecule has 0 amide bonds. The maximum Gasteiger partial charge on any atom is 0.311 e. The molecule has 0 spiro atoms. The third-order valence-electron chi connectivity index (χ3n) is 3.69. The topological polar surface area (TPSA) is 120 Å². The van der Waals surface area contributed by atoms with Gasteiger partial charge in [-0.3, -0.25) is 23.9 Å². The SMILES string of the molecule is CCCC1OC(n2c(=O)sc3c(=O)[nH]c(N)nc32)[C@H](CC(C)=O)S1. The second-order valence-corrected chi connectivity index (χ2v) is 8.03. The molecule has 10 heteroatoms. The minimum Gasteiger partial charge on any atom is -0.369 e. The highest BCUT2D eigenvalue weighted by Crippen LogP contribution is 2.43. The Hall–Kier alpha value is -1.65. The first-order chi connectivity index (χ1) is 11.4. The van der Waals surface area contributed by atoms with Crippen LogP contribution >= 0.6 is 23.1 Å². The number of nitrogens with one attached hydrogen (secondary N) is 1. The van der Waals surface area contributed by atoms with E-state index in [1.807, 2.05) is 6.92 Å². The Bertz CT molecular complexity index is 887. The summed E-state index contributed by atoms with van der Waals surface area (Å²) >= 11 is 2.36. The molecule has 0 bridgehead atoms. The van der Waals surface area contributed by atoms with Gasteiger partial charge in [-0.1, -0.05) is 24.7 Å². The van der Waals surface area contributed by atoms with Crippen molar-refractivity contribution in [1.82, 2.24) is 14.5 Å². The Morgan fingerprint density at radius 2 is 2.21 bits per heavy atom. The monoisotopic (exact) mass is 370 g/mol. The van der Waals surface area contributed by atoms with E-state index in [0.717, 1.165) is 24.2 Å². The van der Waals surface area contributed by atoms with Crippen molar-refractivity contribution in [2.24, 2.45) is 0 Å². The molecule has 2 aromatic rings. The number of aromatic nitrogens is 3. The third kappa shape index (κ3) is 3.13. The number of ketones is 1. The summed E-state index contributed by atoms with van der Waals surface area (Å²) in [7, 11) is 0. The lowest BCUT2D eigenvalue weighted by atomic mass is 10.2. The standard InChI is InChI=1S/C14H18N4O4S2/c1-3-4-8-22-12(7(23-8)5-6(2)19)18-10-9(24-14(18)21)11(20)17-13(15)16-10/h7-8,12H,3-5H2,1-2H3,(H3,15,16,17,20)/t7-,8?,12?/m0/s1. The summed E-state index contributed by atoms with van der Waals surface area (Å²) < 4.78 is 7.59. The number of ether oxygens (including phenoxy) is 1. The van der Waals surface area contributed by atoms with Gasteiger partial charge in [0.25, 0.3) is 5.56 Å². The average Bonchev–Trinajstić information content (AvgIpc) is 2.99. The molecule has 0 radical (unpaired) electrons. The Morgan fingerprint density at radius 3 is 2.88 bits per heavy atom. The summed E-state index contributed by atoms with van der Waals surface area (Å²) in [5, 5.41) is -0.197. The molecule has 3 heterocycles. The van der Waals surface area contributed by atoms with E-state index in [1.165, 1.54) is 11.5 Å². The van der Waals surface area contributed by atoms with Gasteiger partial charge in [0.05, 0.1) is 5.25 Å². The number of nitrogens with zero attached hydrogens (tertiary/aromatic N) is 2. The Morgan fingerprint density at radius 1 is 1.46 bits per heavy atom. The molecule has 24 heavy (non-hydrogen) atoms. The van der Waals surface area contributed by atoms with E-state index in [-0.39, 0.29) is 44.1 Å². The van der Waals surface area contributed by atoms with Crippen molar-refractivity contribution >= 4 is 45.2 Å². The van der Waals surface area contributed by atoms with Crippen LogP contribution in [0.15, 0.2) is 9.59 Å². The van der Waals surface area contributed by atoms with Gasteiger partial charge in [0.2, 0.25) is 5.95 Å². The fraction of sp³-hybridized carbons (Fsp3) is 0.571. The first kappa shape index (κ1) is 17.2. The summed E-state index contributed by atoms with van der Waals surface area (Å²) in [5.41, 5.74) is 5.29. The van der Waals surface area contributed by atoms with Gasteiger partial charge in [0.1, 0.15) is 15.9 Å². The minimum atomic E-state index is -0.634. The van der Waals surface area contributed by atoms with Crippen molar-refractivity contribution in [3.05, 3.63) is 20.0 Å². The second-order valence-electron chi connectivity index (χ2n) is 5.67. The molecular formula is C14H18N4O4S2. The number of thiazole rings is 1. The summed E-state index contributed by atoms with van der Waals surface area (Å²) in [5.74, 6) is -0.0333. The smallest absolute Gasteiger partial charge is 0.311 e. The molecule has 1 aliphatic heterocycles. The molecule has 3 N–H and O–H groups in total. The van der Waals surface area contributed by atoms with E-state index in [2.05, 4.69) is 9.97 Å². The van der Waals surface area contributed by atoms with Gasteiger partial charge in [0, 0.05) is 6.42 Å². The summed E-state index contributed by atoms with van der Waals surface area (Å²) in [6, 6.07) is 0. The molecule has 2 unspecified atom stereocenters. The highest BCUT2D eigenvalue weighted by molar-refractivity contribution is 8.00. The van der Waals surface area contributed by atoms with E-state index in [1.54, 1.807) is 11.8 Å². The van der Waals surface area contributed by atoms with Gasteiger partial charge in [-0.25, -0.2) is 0 Å². The first-order valence-electron chi connectivity index (χ1n) is 7.62. The summed E-state index contributed by atoms with van der Waals surface area (Å²) in [4.78, 5) is 42.2. The Kier molecular flexibility index (Phi) is 4.79. The third-order valence-corrected chi connectivity index (χ3v) is 6.04. The van der Waals surface area contributed by atoms with Crippen LogP contribution in [0.3, 0.4) is 0 Å². The second kappa shape index (κ2) is 6.69. The molecule has 3 atom stereocenters. The number of hydrogen-bond acceptors (Lipinski definition) is 8. The quantitative estimate of drug-likeness (QED) is 0.817. The van der Waals surface area contributed by atoms with Gasteiger partial charge < -0.3 is 10.5 Å². The number of Topliss-reactive ketones (excluding diaryl/α,β-unsaturated/α-hetero) is 1. The number of fused-ring (bicyclic) bond motifs is 1. The highest BCUT2D eigenvalue weighted by Gasteiger charge is 2.39. The number of aromatic amines is 1. The van der Waals surface area contributed by atoms with Gasteiger partial charge >= 0.3 is 4.87 Å². The molecule has 1 fully saturated rings. The van der Waals surface area contributed by atoms with Crippen LogP contribution in [0.5, 0.6) is 0 Å². The molecule has 130 valence electrons. The van der Waals surface area contributed by atoms with Gasteiger partial charge in [-0.05, 0) is 13.3 Å². The van der Waals surface area contributed by atoms with Crippen LogP contribution in [0.1, 0.15) is 39.3 Å². The zero-order valence-electron chi connectivity index (χ0n) is 13.3. The number of carbonyl (C=O) groups is 1. The fourth-order valence-corrected chi connectivity index (χ4v) is 5.17. The van der Waals surface area contributed by atoms with Crippen LogP contribution in [0.25, 0.3) is 10.3 Å². The number of nitrogens with two attached hydrogens (primary N) is 1. The van der Waals surface area contributed by atoms with Crippen molar-refractivity contribution in [2.45, 2.75) is 50.0 Å². The van der Waals surface area contributed by atoms with Gasteiger partial charge in [-0.2, -0.15) is 4.98 Å². The molecule has 1 aliphatic rings. The van der Waals surface area contributed by atoms with Crippen LogP contribution in [-0.4, -0.2) is 31.0 Å². The van der Waals surface area contributed by atoms with Gasteiger partial charge in [-0.15, -0.1) is 11.8 Å². The minimum absolute atomic E-state index is 0.0242. The molecule has 3 rings (SSSR count). The number of hydrogen-bond donors (Lipinski definition) is 2. The van der Waals surface area contributed by atoms with Crippen molar-refractivity contribution in [2.75, 3.05) is 5.73 Å². The van der Waals surface area contributed by atoms with Gasteiger partial charge in [0.15, 0.2) is 11.9 Å². The first-order valence-corrected chi connectivity index (χ1v) is 9.37. The predicted octanol–water partition coefficient (Wildman–Crippen LogP) is 1.46. The number of thioether (sulfide) groups is 1. The van der Waals surface area contributed by atoms with E-state index in [4.69, 9.17) is 10.5 Å². The van der Waals surface area contributed by atoms with E-state index < -0.39 is 11.8 Å². The normalized spacial score (nSPS) is 23.8. The van der Waals surface area contributed by atoms with Crippen LogP contribution in [0.4, 0.5) is 5.95 Å². The van der Waals surface area contributed by atoms with Crippen molar-refractivity contribution in [3.63, 3.8) is 0 Å². The largest absolute Gasteiger partial charge is 0.369 e. The summed E-state index contributed by atoms with van der Waals surface area (Å²) in [6.45, 7) is 3.56. The van der Waals surface area contributed by atoms with Crippen molar-refractivity contribution in [1.29, 1.82) is 0 Å². The molecule has 2 aromatic heterocycles. The Balaban J connectivity index is 2.10. The lowest BCUT2D eigenvalue weighted by Gasteiger charge is -2.17. The van der Waals surface area contributed by atoms with E-state index in [9.17, 15) is 14.4 Å². The number of nitrogen functional groups attached to an aromatic ring is 1.